The van der Waals surface area contributed by atoms with Gasteiger partial charge in [-0.3, -0.25) is 0 Å². The number of anilines is 1. The maximum absolute atomic E-state index is 5.02. The lowest BCUT2D eigenvalue weighted by atomic mass is 10.2. The van der Waals surface area contributed by atoms with Gasteiger partial charge in [0.05, 0.1) is 13.2 Å². The van der Waals surface area contributed by atoms with Crippen LogP contribution in [-0.2, 0) is 11.3 Å². The topological polar surface area (TPSA) is 57.7 Å². The van der Waals surface area contributed by atoms with E-state index in [1.807, 2.05) is 0 Å². The molecular formula is C17H31IN4O. The Balaban J connectivity index is 0.00000484. The Hall–Kier alpha value is -1.02. The molecule has 0 aliphatic heterocycles. The lowest BCUT2D eigenvalue weighted by molar-refractivity contribution is 0.211. The fourth-order valence-electron chi connectivity index (χ4n) is 1.92. The molecule has 0 aliphatic carbocycles. The first kappa shape index (κ1) is 22.0. The number of benzene rings is 1. The molecule has 5 nitrogen and oxygen atoms in total. The van der Waals surface area contributed by atoms with Crippen molar-refractivity contribution in [1.82, 2.24) is 10.6 Å². The molecular weight excluding hydrogens is 403 g/mol. The Morgan fingerprint density at radius 2 is 1.83 bits per heavy atom. The number of nitrogens with one attached hydrogen (secondary N) is 3. The van der Waals surface area contributed by atoms with Crippen molar-refractivity contribution < 1.29 is 4.74 Å². The zero-order valence-corrected chi connectivity index (χ0v) is 16.9. The van der Waals surface area contributed by atoms with Gasteiger partial charge in [-0.1, -0.05) is 25.5 Å². The lowest BCUT2D eigenvalue weighted by Crippen LogP contribution is -2.37. The maximum Gasteiger partial charge on any atom is 0.191 e. The van der Waals surface area contributed by atoms with Gasteiger partial charge < -0.3 is 20.7 Å². The summed E-state index contributed by atoms with van der Waals surface area (Å²) in [5, 5.41) is 9.93. The number of rotatable bonds is 10. The predicted octanol–water partition coefficient (Wildman–Crippen LogP) is 3.22. The number of guanidine groups is 1. The average Bonchev–Trinajstić information content (AvgIpc) is 2.54. The lowest BCUT2D eigenvalue weighted by Gasteiger charge is -2.11. The summed E-state index contributed by atoms with van der Waals surface area (Å²) in [6.45, 7) is 8.32. The van der Waals surface area contributed by atoms with Gasteiger partial charge in [-0.15, -0.1) is 24.0 Å². The third kappa shape index (κ3) is 10.4. The zero-order valence-electron chi connectivity index (χ0n) is 14.5. The van der Waals surface area contributed by atoms with E-state index >= 15 is 0 Å². The number of ether oxygens (including phenoxy) is 1. The van der Waals surface area contributed by atoms with E-state index in [1.54, 1.807) is 7.11 Å². The van der Waals surface area contributed by atoms with E-state index < -0.39 is 0 Å². The standard InChI is InChI=1S/C17H30N4O.HI/c1-4-6-11-20-17(18-5-2)21-14-15-7-9-16(10-8-15)19-12-13-22-3;/h7-10,19H,4-6,11-14H2,1-3H3,(H2,18,20,21);1H. The summed E-state index contributed by atoms with van der Waals surface area (Å²) in [6, 6.07) is 8.37. The molecule has 0 bridgehead atoms. The number of hydrogen-bond donors (Lipinski definition) is 3. The molecule has 0 radical (unpaired) electrons. The Bertz CT molecular complexity index is 423. The molecule has 0 saturated carbocycles. The molecule has 1 aromatic carbocycles. The Labute approximate surface area is 157 Å². The Kier molecular flexibility index (Phi) is 13.9. The molecule has 6 heteroatoms. The van der Waals surface area contributed by atoms with Crippen molar-refractivity contribution in [2.75, 3.05) is 38.7 Å². The minimum absolute atomic E-state index is 0. The van der Waals surface area contributed by atoms with E-state index in [0.29, 0.717) is 13.2 Å². The minimum atomic E-state index is 0. The van der Waals surface area contributed by atoms with E-state index in [1.165, 1.54) is 12.0 Å². The Morgan fingerprint density at radius 3 is 2.43 bits per heavy atom. The van der Waals surface area contributed by atoms with Gasteiger partial charge in [-0.05, 0) is 31.0 Å². The normalized spacial score (nSPS) is 10.8. The van der Waals surface area contributed by atoms with E-state index in [2.05, 4.69) is 59.1 Å². The molecule has 0 atom stereocenters. The molecule has 0 aliphatic rings. The monoisotopic (exact) mass is 434 g/mol. The molecule has 23 heavy (non-hydrogen) atoms. The van der Waals surface area contributed by atoms with Crippen LogP contribution in [0, 0.1) is 0 Å². The summed E-state index contributed by atoms with van der Waals surface area (Å²) in [4.78, 5) is 4.61. The van der Waals surface area contributed by atoms with Crippen molar-refractivity contribution in [3.8, 4) is 0 Å². The fraction of sp³-hybridized carbons (Fsp3) is 0.588. The van der Waals surface area contributed by atoms with E-state index in [0.717, 1.165) is 37.7 Å². The number of hydrogen-bond acceptors (Lipinski definition) is 3. The van der Waals surface area contributed by atoms with Gasteiger partial charge in [0, 0.05) is 32.4 Å². The smallest absolute Gasteiger partial charge is 0.191 e. The van der Waals surface area contributed by atoms with Crippen LogP contribution in [0.1, 0.15) is 32.3 Å². The molecule has 3 N–H and O–H groups in total. The first-order valence-corrected chi connectivity index (χ1v) is 8.14. The molecule has 0 heterocycles. The van der Waals surface area contributed by atoms with Gasteiger partial charge in [-0.25, -0.2) is 4.99 Å². The molecule has 1 rings (SSSR count). The van der Waals surface area contributed by atoms with E-state index in [-0.39, 0.29) is 24.0 Å². The minimum Gasteiger partial charge on any atom is -0.383 e. The van der Waals surface area contributed by atoms with Gasteiger partial charge in [0.2, 0.25) is 0 Å². The summed E-state index contributed by atoms with van der Waals surface area (Å²) >= 11 is 0. The highest BCUT2D eigenvalue weighted by Crippen LogP contribution is 2.10. The third-order valence-corrected chi connectivity index (χ3v) is 3.18. The molecule has 0 spiro atoms. The second-order valence-corrected chi connectivity index (χ2v) is 5.09. The number of nitrogens with zero attached hydrogens (tertiary/aromatic N) is 1. The van der Waals surface area contributed by atoms with Gasteiger partial charge in [0.15, 0.2) is 5.96 Å². The summed E-state index contributed by atoms with van der Waals surface area (Å²) in [6.07, 6.45) is 2.34. The van der Waals surface area contributed by atoms with E-state index in [9.17, 15) is 0 Å². The van der Waals surface area contributed by atoms with E-state index in [4.69, 9.17) is 4.74 Å². The highest BCUT2D eigenvalue weighted by Gasteiger charge is 1.98. The van der Waals surface area contributed by atoms with Crippen LogP contribution in [0.4, 0.5) is 5.69 Å². The van der Waals surface area contributed by atoms with Crippen LogP contribution in [0.15, 0.2) is 29.3 Å². The zero-order chi connectivity index (χ0) is 16.0. The second-order valence-electron chi connectivity index (χ2n) is 5.09. The number of methoxy groups -OCH3 is 1. The van der Waals surface area contributed by atoms with Crippen molar-refractivity contribution in [1.29, 1.82) is 0 Å². The molecule has 132 valence electrons. The van der Waals surface area contributed by atoms with Crippen molar-refractivity contribution >= 4 is 35.6 Å². The van der Waals surface area contributed by atoms with Crippen molar-refractivity contribution in [2.24, 2.45) is 4.99 Å². The molecule has 0 fully saturated rings. The first-order valence-electron chi connectivity index (χ1n) is 8.14. The van der Waals surface area contributed by atoms with Crippen LogP contribution in [0.3, 0.4) is 0 Å². The van der Waals surface area contributed by atoms with Crippen LogP contribution < -0.4 is 16.0 Å². The van der Waals surface area contributed by atoms with Crippen molar-refractivity contribution in [3.05, 3.63) is 29.8 Å². The summed E-state index contributed by atoms with van der Waals surface area (Å²) in [7, 11) is 1.71. The molecule has 0 unspecified atom stereocenters. The molecule has 0 amide bonds. The largest absolute Gasteiger partial charge is 0.383 e. The third-order valence-electron chi connectivity index (χ3n) is 3.18. The highest BCUT2D eigenvalue weighted by atomic mass is 127. The highest BCUT2D eigenvalue weighted by molar-refractivity contribution is 14.0. The summed E-state index contributed by atoms with van der Waals surface area (Å²) in [5.74, 6) is 0.887. The maximum atomic E-state index is 5.02. The molecule has 1 aromatic rings. The average molecular weight is 434 g/mol. The quantitative estimate of drug-likeness (QED) is 0.229. The molecule has 0 saturated heterocycles. The molecule has 0 aromatic heterocycles. The number of aliphatic imine (C=N–C) groups is 1. The van der Waals surface area contributed by atoms with Gasteiger partial charge >= 0.3 is 0 Å². The van der Waals surface area contributed by atoms with Gasteiger partial charge in [0.25, 0.3) is 0 Å². The number of unbranched alkanes of at least 4 members (excludes halogenated alkanes) is 1. The summed E-state index contributed by atoms with van der Waals surface area (Å²) < 4.78 is 5.02. The van der Waals surface area contributed by atoms with Crippen LogP contribution >= 0.6 is 24.0 Å². The van der Waals surface area contributed by atoms with Crippen LogP contribution in [-0.4, -0.2) is 39.3 Å². The van der Waals surface area contributed by atoms with Crippen LogP contribution in [0.25, 0.3) is 0 Å². The number of halogens is 1. The van der Waals surface area contributed by atoms with Crippen LogP contribution in [0.2, 0.25) is 0 Å². The van der Waals surface area contributed by atoms with Gasteiger partial charge in [-0.2, -0.15) is 0 Å². The SMILES string of the molecule is CCCCNC(=NCc1ccc(NCCOC)cc1)NCC.I. The van der Waals surface area contributed by atoms with Crippen molar-refractivity contribution in [3.63, 3.8) is 0 Å². The predicted molar refractivity (Wildman–Crippen MR) is 110 cm³/mol. The first-order chi connectivity index (χ1) is 10.8. The van der Waals surface area contributed by atoms with Crippen molar-refractivity contribution in [2.45, 2.75) is 33.2 Å². The fourth-order valence-corrected chi connectivity index (χ4v) is 1.92. The second kappa shape index (κ2) is 14.6. The Morgan fingerprint density at radius 1 is 1.09 bits per heavy atom. The van der Waals surface area contributed by atoms with Crippen LogP contribution in [0.5, 0.6) is 0 Å². The van der Waals surface area contributed by atoms with Gasteiger partial charge in [0.1, 0.15) is 0 Å². The summed E-state index contributed by atoms with van der Waals surface area (Å²) in [5.41, 5.74) is 2.31.